The highest BCUT2D eigenvalue weighted by molar-refractivity contribution is 6.08. The third-order valence-corrected chi connectivity index (χ3v) is 5.23. The van der Waals surface area contributed by atoms with E-state index >= 15 is 0 Å². The minimum absolute atomic E-state index is 0.0565. The van der Waals surface area contributed by atoms with E-state index in [9.17, 15) is 29.4 Å². The molecule has 2 aromatic heterocycles. The Balaban J connectivity index is 1.56. The van der Waals surface area contributed by atoms with Crippen LogP contribution in [0.5, 0.6) is 0 Å². The first kappa shape index (κ1) is 25.5. The zero-order chi connectivity index (χ0) is 27.1. The molecule has 2 heterocycles. The van der Waals surface area contributed by atoms with Gasteiger partial charge in [-0.15, -0.1) is 0 Å². The Labute approximate surface area is 215 Å². The van der Waals surface area contributed by atoms with E-state index in [4.69, 9.17) is 8.83 Å². The van der Waals surface area contributed by atoms with Gasteiger partial charge in [0.2, 0.25) is 11.8 Å². The monoisotopic (exact) mass is 512 g/mol. The van der Waals surface area contributed by atoms with E-state index in [0.29, 0.717) is 22.6 Å². The number of nitrogens with one attached hydrogen (secondary N) is 2. The van der Waals surface area contributed by atoms with Gasteiger partial charge in [-0.05, 0) is 71.8 Å². The van der Waals surface area contributed by atoms with Gasteiger partial charge in [-0.3, -0.25) is 9.59 Å². The number of amides is 2. The summed E-state index contributed by atoms with van der Waals surface area (Å²) >= 11 is 0. The van der Waals surface area contributed by atoms with E-state index < -0.39 is 23.8 Å². The summed E-state index contributed by atoms with van der Waals surface area (Å²) in [7, 11) is 0. The number of carboxylic acids is 2. The molecule has 0 bridgehead atoms. The van der Waals surface area contributed by atoms with E-state index in [-0.39, 0.29) is 22.5 Å². The smallest absolute Gasteiger partial charge is 0.337 e. The molecule has 4 N–H and O–H groups in total. The Morgan fingerprint density at radius 2 is 1.05 bits per heavy atom. The first-order valence-corrected chi connectivity index (χ1v) is 11.1. The number of hydrogen-bond acceptors (Lipinski definition) is 6. The zero-order valence-corrected chi connectivity index (χ0v) is 19.6. The molecule has 38 heavy (non-hydrogen) atoms. The molecule has 0 aliphatic rings. The second-order valence-corrected chi connectivity index (χ2v) is 7.81. The predicted octanol–water partition coefficient (Wildman–Crippen LogP) is 5.24. The van der Waals surface area contributed by atoms with Gasteiger partial charge >= 0.3 is 11.9 Å². The van der Waals surface area contributed by atoms with Crippen molar-refractivity contribution in [3.8, 4) is 11.1 Å². The van der Waals surface area contributed by atoms with Gasteiger partial charge in [0.25, 0.3) is 0 Å². The number of benzene rings is 2. The lowest BCUT2D eigenvalue weighted by molar-refractivity contribution is -0.112. The molecule has 0 saturated carbocycles. The molecular weight excluding hydrogens is 492 g/mol. The van der Waals surface area contributed by atoms with Crippen LogP contribution in [0, 0.1) is 0 Å². The Morgan fingerprint density at radius 3 is 1.39 bits per heavy atom. The molecule has 10 nitrogen and oxygen atoms in total. The van der Waals surface area contributed by atoms with Gasteiger partial charge < -0.3 is 29.7 Å². The number of carbonyl (C=O) groups excluding carboxylic acids is 2. The summed E-state index contributed by atoms with van der Waals surface area (Å²) in [6, 6.07) is 15.2. The van der Waals surface area contributed by atoms with Crippen LogP contribution in [0.3, 0.4) is 0 Å². The molecule has 10 heteroatoms. The van der Waals surface area contributed by atoms with Crippen LogP contribution >= 0.6 is 0 Å². The lowest BCUT2D eigenvalue weighted by Crippen LogP contribution is -2.13. The number of furan rings is 2. The lowest BCUT2D eigenvalue weighted by Gasteiger charge is -2.12. The SMILES string of the molecule is O=C(C=Cc1ccco1)Nc1ccc(-c2ccc(NC(=O)C=Cc3ccco3)c(C(=O)O)c2)cc1C(=O)O. The number of hydrogen-bond donors (Lipinski definition) is 4. The molecule has 190 valence electrons. The third-order valence-electron chi connectivity index (χ3n) is 5.23. The third kappa shape index (κ3) is 6.32. The molecule has 0 atom stereocenters. The summed E-state index contributed by atoms with van der Waals surface area (Å²) in [5.41, 5.74) is 0.510. The first-order chi connectivity index (χ1) is 18.3. The van der Waals surface area contributed by atoms with E-state index in [1.807, 2.05) is 0 Å². The molecule has 4 rings (SSSR count). The number of carboxylic acid groups (broad SMARTS) is 2. The van der Waals surface area contributed by atoms with Crippen LogP contribution in [0.25, 0.3) is 23.3 Å². The molecule has 0 unspecified atom stereocenters. The standard InChI is InChI=1S/C28H20N2O8/c31-25(11-7-19-3-1-13-37-19)29-23-9-5-17(15-21(23)27(33)34)18-6-10-24(22(16-18)28(35)36)30-26(32)12-8-20-4-2-14-38-20/h1-16H,(H,29,31)(H,30,32)(H,33,34)(H,35,36). The fourth-order valence-electron chi connectivity index (χ4n) is 3.46. The summed E-state index contributed by atoms with van der Waals surface area (Å²) in [5.74, 6) is -2.80. The van der Waals surface area contributed by atoms with Gasteiger partial charge in [-0.25, -0.2) is 9.59 Å². The molecule has 0 spiro atoms. The second kappa shape index (κ2) is 11.4. The van der Waals surface area contributed by atoms with E-state index in [1.165, 1.54) is 61.1 Å². The molecule has 0 aliphatic heterocycles. The van der Waals surface area contributed by atoms with Crippen LogP contribution in [0.1, 0.15) is 32.2 Å². The highest BCUT2D eigenvalue weighted by Gasteiger charge is 2.17. The van der Waals surface area contributed by atoms with E-state index in [1.54, 1.807) is 36.4 Å². The molecule has 0 saturated heterocycles. The topological polar surface area (TPSA) is 159 Å². The zero-order valence-electron chi connectivity index (χ0n) is 19.6. The number of carbonyl (C=O) groups is 4. The largest absolute Gasteiger partial charge is 0.478 e. The van der Waals surface area contributed by atoms with Gasteiger partial charge in [0.1, 0.15) is 11.5 Å². The average Bonchev–Trinajstić information content (AvgIpc) is 3.61. The quantitative estimate of drug-likeness (QED) is 0.222. The Hall–Kier alpha value is -5.64. The van der Waals surface area contributed by atoms with Crippen molar-refractivity contribution in [3.63, 3.8) is 0 Å². The van der Waals surface area contributed by atoms with Crippen molar-refractivity contribution in [1.29, 1.82) is 0 Å². The fourth-order valence-corrected chi connectivity index (χ4v) is 3.46. The van der Waals surface area contributed by atoms with Crippen LogP contribution in [-0.4, -0.2) is 34.0 Å². The van der Waals surface area contributed by atoms with Crippen LogP contribution < -0.4 is 10.6 Å². The minimum Gasteiger partial charge on any atom is -0.478 e. The molecular formula is C28H20N2O8. The van der Waals surface area contributed by atoms with Gasteiger partial charge in [0.05, 0.1) is 35.0 Å². The van der Waals surface area contributed by atoms with Crippen molar-refractivity contribution in [2.45, 2.75) is 0 Å². The average molecular weight is 512 g/mol. The van der Waals surface area contributed by atoms with Crippen molar-refractivity contribution in [2.24, 2.45) is 0 Å². The summed E-state index contributed by atoms with van der Waals surface area (Å²) in [4.78, 5) is 48.3. The van der Waals surface area contributed by atoms with Crippen molar-refractivity contribution in [2.75, 3.05) is 10.6 Å². The second-order valence-electron chi connectivity index (χ2n) is 7.81. The lowest BCUT2D eigenvalue weighted by atomic mass is 9.99. The first-order valence-electron chi connectivity index (χ1n) is 11.1. The van der Waals surface area contributed by atoms with Gasteiger partial charge in [0, 0.05) is 12.2 Å². The van der Waals surface area contributed by atoms with Crippen LogP contribution in [-0.2, 0) is 9.59 Å². The molecule has 4 aromatic rings. The van der Waals surface area contributed by atoms with Gasteiger partial charge in [-0.2, -0.15) is 0 Å². The van der Waals surface area contributed by atoms with Gasteiger partial charge in [-0.1, -0.05) is 12.1 Å². The highest BCUT2D eigenvalue weighted by atomic mass is 16.4. The van der Waals surface area contributed by atoms with Crippen LogP contribution in [0.2, 0.25) is 0 Å². The maximum absolute atomic E-state index is 12.3. The number of anilines is 2. The molecule has 0 aliphatic carbocycles. The van der Waals surface area contributed by atoms with Crippen molar-refractivity contribution >= 4 is 47.3 Å². The normalized spacial score (nSPS) is 11.1. The molecule has 2 aromatic carbocycles. The van der Waals surface area contributed by atoms with Crippen molar-refractivity contribution in [1.82, 2.24) is 0 Å². The van der Waals surface area contributed by atoms with E-state index in [2.05, 4.69) is 10.6 Å². The summed E-state index contributed by atoms with van der Waals surface area (Å²) in [6.45, 7) is 0. The Morgan fingerprint density at radius 1 is 0.632 bits per heavy atom. The van der Waals surface area contributed by atoms with Crippen LogP contribution in [0.15, 0.2) is 94.2 Å². The van der Waals surface area contributed by atoms with Crippen molar-refractivity contribution < 1.29 is 38.2 Å². The number of rotatable bonds is 9. The molecule has 2 amide bonds. The molecule has 0 radical (unpaired) electrons. The van der Waals surface area contributed by atoms with Gasteiger partial charge in [0.15, 0.2) is 0 Å². The van der Waals surface area contributed by atoms with E-state index in [0.717, 1.165) is 0 Å². The summed E-state index contributed by atoms with van der Waals surface area (Å²) < 4.78 is 10.2. The minimum atomic E-state index is -1.29. The maximum atomic E-state index is 12.3. The van der Waals surface area contributed by atoms with Crippen LogP contribution in [0.4, 0.5) is 11.4 Å². The fraction of sp³-hybridized carbons (Fsp3) is 0. The van der Waals surface area contributed by atoms with Crippen molar-refractivity contribution in [3.05, 3.63) is 108 Å². The predicted molar refractivity (Wildman–Crippen MR) is 139 cm³/mol. The summed E-state index contributed by atoms with van der Waals surface area (Å²) in [6.07, 6.45) is 8.18. The Bertz CT molecular complexity index is 1430. The number of aromatic carboxylic acids is 2. The Kier molecular flexibility index (Phi) is 7.63. The summed E-state index contributed by atoms with van der Waals surface area (Å²) in [5, 5.41) is 24.4. The maximum Gasteiger partial charge on any atom is 0.337 e. The molecule has 0 fully saturated rings. The highest BCUT2D eigenvalue weighted by Crippen LogP contribution is 2.29.